The van der Waals surface area contributed by atoms with E-state index < -0.39 is 0 Å². The third-order valence-corrected chi connectivity index (χ3v) is 4.02. The number of ether oxygens (including phenoxy) is 2. The monoisotopic (exact) mass is 344 g/mol. The zero-order valence-corrected chi connectivity index (χ0v) is 15.4. The van der Waals surface area contributed by atoms with Crippen LogP contribution < -0.4 is 20.1 Å². The Bertz CT molecular complexity index is 664. The van der Waals surface area contributed by atoms with Crippen molar-refractivity contribution in [3.05, 3.63) is 53.6 Å². The van der Waals surface area contributed by atoms with E-state index in [-0.39, 0.29) is 6.04 Å². The standard InChI is InChI=1S/C19H24N2O2S/c1-5-18(14-8-6-13(2)7-9-14)21-19(24)20-15-10-16(22-3)12-17(11-15)23-4/h6-12,18H,5H2,1-4H3,(H2,20,21,24). The minimum Gasteiger partial charge on any atom is -0.497 e. The third kappa shape index (κ3) is 4.86. The van der Waals surface area contributed by atoms with Crippen LogP contribution in [0, 0.1) is 6.92 Å². The summed E-state index contributed by atoms with van der Waals surface area (Å²) in [7, 11) is 3.25. The maximum atomic E-state index is 5.46. The van der Waals surface area contributed by atoms with Crippen molar-refractivity contribution >= 4 is 23.0 Å². The fourth-order valence-corrected chi connectivity index (χ4v) is 2.68. The Morgan fingerprint density at radius 2 is 1.62 bits per heavy atom. The van der Waals surface area contributed by atoms with E-state index in [1.807, 2.05) is 18.2 Å². The first-order valence-corrected chi connectivity index (χ1v) is 8.33. The number of aryl methyl sites for hydroxylation is 1. The maximum absolute atomic E-state index is 5.46. The molecule has 2 rings (SSSR count). The Balaban J connectivity index is 2.07. The van der Waals surface area contributed by atoms with Crippen LogP contribution in [0.25, 0.3) is 0 Å². The number of methoxy groups -OCH3 is 2. The lowest BCUT2D eigenvalue weighted by Crippen LogP contribution is -2.32. The van der Waals surface area contributed by atoms with E-state index in [0.717, 1.165) is 12.1 Å². The highest BCUT2D eigenvalue weighted by molar-refractivity contribution is 7.80. The van der Waals surface area contributed by atoms with Crippen molar-refractivity contribution in [1.29, 1.82) is 0 Å². The molecule has 128 valence electrons. The number of benzene rings is 2. The maximum Gasteiger partial charge on any atom is 0.171 e. The van der Waals surface area contributed by atoms with Crippen LogP contribution in [0.3, 0.4) is 0 Å². The van der Waals surface area contributed by atoms with Crippen LogP contribution in [0.5, 0.6) is 11.5 Å². The highest BCUT2D eigenvalue weighted by Gasteiger charge is 2.11. The van der Waals surface area contributed by atoms with Gasteiger partial charge in [0.1, 0.15) is 11.5 Å². The van der Waals surface area contributed by atoms with Gasteiger partial charge in [-0.1, -0.05) is 36.8 Å². The molecule has 2 aromatic carbocycles. The average Bonchev–Trinajstić information content (AvgIpc) is 2.60. The van der Waals surface area contributed by atoms with Crippen LogP contribution in [0.2, 0.25) is 0 Å². The van der Waals surface area contributed by atoms with Crippen LogP contribution in [0.15, 0.2) is 42.5 Å². The number of rotatable bonds is 6. The zero-order chi connectivity index (χ0) is 17.5. The predicted molar refractivity (Wildman–Crippen MR) is 103 cm³/mol. The fourth-order valence-electron chi connectivity index (χ4n) is 2.42. The molecule has 2 aromatic rings. The van der Waals surface area contributed by atoms with Gasteiger partial charge >= 0.3 is 0 Å². The molecule has 5 heteroatoms. The van der Waals surface area contributed by atoms with Gasteiger partial charge in [0.15, 0.2) is 5.11 Å². The summed E-state index contributed by atoms with van der Waals surface area (Å²) in [4.78, 5) is 0. The van der Waals surface area contributed by atoms with Gasteiger partial charge < -0.3 is 20.1 Å². The topological polar surface area (TPSA) is 42.5 Å². The number of hydrogen-bond donors (Lipinski definition) is 2. The lowest BCUT2D eigenvalue weighted by molar-refractivity contribution is 0.395. The summed E-state index contributed by atoms with van der Waals surface area (Å²) in [5.74, 6) is 1.43. The summed E-state index contributed by atoms with van der Waals surface area (Å²) in [6.07, 6.45) is 0.937. The molecule has 2 N–H and O–H groups in total. The molecule has 1 atom stereocenters. The van der Waals surface area contributed by atoms with E-state index in [1.54, 1.807) is 14.2 Å². The van der Waals surface area contributed by atoms with Gasteiger partial charge in [-0.2, -0.15) is 0 Å². The summed E-state index contributed by atoms with van der Waals surface area (Å²) in [5.41, 5.74) is 3.29. The minimum atomic E-state index is 0.165. The molecule has 0 radical (unpaired) electrons. The lowest BCUT2D eigenvalue weighted by atomic mass is 10.0. The average molecular weight is 344 g/mol. The SMILES string of the molecule is CCC(NC(=S)Nc1cc(OC)cc(OC)c1)c1ccc(C)cc1. The van der Waals surface area contributed by atoms with Crippen LogP contribution >= 0.6 is 12.2 Å². The Labute approximate surface area is 149 Å². The molecule has 0 saturated carbocycles. The van der Waals surface area contributed by atoms with Crippen LogP contribution in [-0.2, 0) is 0 Å². The summed E-state index contributed by atoms with van der Waals surface area (Å²) in [6, 6.07) is 14.2. The molecule has 0 fully saturated rings. The first-order chi connectivity index (χ1) is 11.5. The van der Waals surface area contributed by atoms with Crippen molar-refractivity contribution in [3.8, 4) is 11.5 Å². The number of hydrogen-bond acceptors (Lipinski definition) is 3. The van der Waals surface area contributed by atoms with Gasteiger partial charge in [-0.25, -0.2) is 0 Å². The Morgan fingerprint density at radius 1 is 1.04 bits per heavy atom. The molecular weight excluding hydrogens is 320 g/mol. The number of nitrogens with one attached hydrogen (secondary N) is 2. The minimum absolute atomic E-state index is 0.165. The van der Waals surface area contributed by atoms with E-state index >= 15 is 0 Å². The highest BCUT2D eigenvalue weighted by Crippen LogP contribution is 2.26. The second kappa shape index (κ2) is 8.55. The van der Waals surface area contributed by atoms with Crippen LogP contribution in [-0.4, -0.2) is 19.3 Å². The Kier molecular flexibility index (Phi) is 6.44. The number of thiocarbonyl (C=S) groups is 1. The lowest BCUT2D eigenvalue weighted by Gasteiger charge is -2.20. The van der Waals surface area contributed by atoms with Gasteiger partial charge in [0, 0.05) is 23.9 Å². The number of anilines is 1. The smallest absolute Gasteiger partial charge is 0.171 e. The molecule has 0 aliphatic carbocycles. The van der Waals surface area contributed by atoms with Gasteiger partial charge in [0.05, 0.1) is 20.3 Å². The molecule has 24 heavy (non-hydrogen) atoms. The molecule has 0 aliphatic heterocycles. The zero-order valence-electron chi connectivity index (χ0n) is 14.6. The largest absolute Gasteiger partial charge is 0.497 e. The van der Waals surface area contributed by atoms with Gasteiger partial charge in [-0.05, 0) is 31.1 Å². The van der Waals surface area contributed by atoms with E-state index in [0.29, 0.717) is 16.6 Å². The molecule has 1 unspecified atom stereocenters. The first kappa shape index (κ1) is 18.1. The van der Waals surface area contributed by atoms with Crippen molar-refractivity contribution in [1.82, 2.24) is 5.32 Å². The van der Waals surface area contributed by atoms with Crippen molar-refractivity contribution < 1.29 is 9.47 Å². The summed E-state index contributed by atoms with van der Waals surface area (Å²) < 4.78 is 10.6. The van der Waals surface area contributed by atoms with E-state index in [4.69, 9.17) is 21.7 Å². The molecule has 0 aliphatic rings. The van der Waals surface area contributed by atoms with Crippen LogP contribution in [0.4, 0.5) is 5.69 Å². The van der Waals surface area contributed by atoms with Crippen molar-refractivity contribution in [2.75, 3.05) is 19.5 Å². The van der Waals surface area contributed by atoms with Gasteiger partial charge in [-0.15, -0.1) is 0 Å². The highest BCUT2D eigenvalue weighted by atomic mass is 32.1. The normalized spacial score (nSPS) is 11.5. The van der Waals surface area contributed by atoms with Crippen molar-refractivity contribution in [3.63, 3.8) is 0 Å². The second-order valence-electron chi connectivity index (χ2n) is 5.57. The molecule has 0 amide bonds. The van der Waals surface area contributed by atoms with Gasteiger partial charge in [0.25, 0.3) is 0 Å². The van der Waals surface area contributed by atoms with Gasteiger partial charge in [0.2, 0.25) is 0 Å². The summed E-state index contributed by atoms with van der Waals surface area (Å²) in [5, 5.41) is 7.13. The molecule has 0 heterocycles. The summed E-state index contributed by atoms with van der Waals surface area (Å²) in [6.45, 7) is 4.22. The quantitative estimate of drug-likeness (QED) is 0.758. The van der Waals surface area contributed by atoms with Crippen molar-refractivity contribution in [2.24, 2.45) is 0 Å². The summed E-state index contributed by atoms with van der Waals surface area (Å²) >= 11 is 5.46. The second-order valence-corrected chi connectivity index (χ2v) is 5.98. The molecule has 0 aromatic heterocycles. The van der Waals surface area contributed by atoms with E-state index in [9.17, 15) is 0 Å². The van der Waals surface area contributed by atoms with E-state index in [2.05, 4.69) is 48.7 Å². The molecular formula is C19H24N2O2S. The molecule has 0 saturated heterocycles. The van der Waals surface area contributed by atoms with E-state index in [1.165, 1.54) is 11.1 Å². The van der Waals surface area contributed by atoms with Gasteiger partial charge in [-0.3, -0.25) is 0 Å². The van der Waals surface area contributed by atoms with Crippen LogP contribution in [0.1, 0.15) is 30.5 Å². The first-order valence-electron chi connectivity index (χ1n) is 7.92. The Hall–Kier alpha value is -2.27. The van der Waals surface area contributed by atoms with Crippen molar-refractivity contribution in [2.45, 2.75) is 26.3 Å². The molecule has 4 nitrogen and oxygen atoms in total. The Morgan fingerprint density at radius 3 is 2.12 bits per heavy atom. The molecule has 0 bridgehead atoms. The predicted octanol–water partition coefficient (Wildman–Crippen LogP) is 4.45. The molecule has 0 spiro atoms. The fraction of sp³-hybridized carbons (Fsp3) is 0.316. The third-order valence-electron chi connectivity index (χ3n) is 3.80.